The second-order valence-electron chi connectivity index (χ2n) is 6.03. The van der Waals surface area contributed by atoms with Crippen LogP contribution >= 0.6 is 11.3 Å². The van der Waals surface area contributed by atoms with Gasteiger partial charge in [-0.1, -0.05) is 18.9 Å². The molecule has 1 aromatic heterocycles. The van der Waals surface area contributed by atoms with Crippen LogP contribution in [0.4, 0.5) is 0 Å². The molecular formula is C16H26N2OS. The van der Waals surface area contributed by atoms with E-state index in [1.165, 1.54) is 11.3 Å². The molecule has 2 atom stereocenters. The fourth-order valence-electron chi connectivity index (χ4n) is 3.11. The number of amides is 1. The molecule has 0 aliphatic heterocycles. The van der Waals surface area contributed by atoms with E-state index in [9.17, 15) is 4.79 Å². The summed E-state index contributed by atoms with van der Waals surface area (Å²) in [6.07, 6.45) is 4.50. The Morgan fingerprint density at radius 1 is 1.45 bits per heavy atom. The van der Waals surface area contributed by atoms with E-state index in [-0.39, 0.29) is 12.0 Å². The molecule has 112 valence electrons. The van der Waals surface area contributed by atoms with E-state index >= 15 is 0 Å². The van der Waals surface area contributed by atoms with Crippen LogP contribution in [-0.4, -0.2) is 23.4 Å². The average molecular weight is 294 g/mol. The molecular weight excluding hydrogens is 268 g/mol. The van der Waals surface area contributed by atoms with Crippen molar-refractivity contribution in [2.45, 2.75) is 52.1 Å². The number of carbonyl (C=O) groups is 1. The molecule has 1 aliphatic carbocycles. The van der Waals surface area contributed by atoms with Gasteiger partial charge in [-0.2, -0.15) is 0 Å². The summed E-state index contributed by atoms with van der Waals surface area (Å²) in [5.41, 5.74) is 5.88. The van der Waals surface area contributed by atoms with Gasteiger partial charge in [0.25, 0.3) is 0 Å². The second-order valence-corrected chi connectivity index (χ2v) is 7.06. The molecule has 1 fully saturated rings. The van der Waals surface area contributed by atoms with Crippen molar-refractivity contribution in [1.29, 1.82) is 0 Å². The highest BCUT2D eigenvalue weighted by molar-refractivity contribution is 7.09. The number of carbonyl (C=O) groups excluding carboxylic acids is 1. The predicted octanol–water partition coefficient (Wildman–Crippen LogP) is 3.25. The molecule has 2 unspecified atom stereocenters. The minimum atomic E-state index is 0.135. The highest BCUT2D eigenvalue weighted by atomic mass is 32.1. The van der Waals surface area contributed by atoms with Gasteiger partial charge < -0.3 is 10.6 Å². The zero-order valence-electron chi connectivity index (χ0n) is 12.5. The lowest BCUT2D eigenvalue weighted by Crippen LogP contribution is -2.44. The van der Waals surface area contributed by atoms with Gasteiger partial charge in [-0.3, -0.25) is 4.79 Å². The Morgan fingerprint density at radius 3 is 2.80 bits per heavy atom. The maximum atomic E-state index is 12.9. The quantitative estimate of drug-likeness (QED) is 0.906. The van der Waals surface area contributed by atoms with Crippen molar-refractivity contribution < 1.29 is 4.79 Å². The van der Waals surface area contributed by atoms with Crippen LogP contribution in [0.2, 0.25) is 0 Å². The average Bonchev–Trinajstić information content (AvgIpc) is 2.96. The Labute approximate surface area is 126 Å². The molecule has 1 amide bonds. The van der Waals surface area contributed by atoms with E-state index in [0.717, 1.165) is 25.8 Å². The maximum Gasteiger partial charge on any atom is 0.226 e. The fourth-order valence-corrected chi connectivity index (χ4v) is 3.82. The molecule has 4 heteroatoms. The van der Waals surface area contributed by atoms with Crippen molar-refractivity contribution in [2.75, 3.05) is 6.54 Å². The minimum Gasteiger partial charge on any atom is -0.335 e. The molecule has 2 N–H and O–H groups in total. The van der Waals surface area contributed by atoms with Crippen molar-refractivity contribution in [3.05, 3.63) is 22.4 Å². The monoisotopic (exact) mass is 294 g/mol. The number of thiophene rings is 1. The normalized spacial score (nSPS) is 23.0. The van der Waals surface area contributed by atoms with E-state index in [1.807, 2.05) is 11.0 Å². The molecule has 1 heterocycles. The summed E-state index contributed by atoms with van der Waals surface area (Å²) in [4.78, 5) is 16.2. The highest BCUT2D eigenvalue weighted by Crippen LogP contribution is 2.32. The van der Waals surface area contributed by atoms with Crippen molar-refractivity contribution in [1.82, 2.24) is 4.90 Å². The van der Waals surface area contributed by atoms with E-state index in [1.54, 1.807) is 11.3 Å². The smallest absolute Gasteiger partial charge is 0.226 e. The summed E-state index contributed by atoms with van der Waals surface area (Å²) in [5.74, 6) is 0.820. The molecule has 1 saturated carbocycles. The third-order valence-corrected chi connectivity index (χ3v) is 5.20. The van der Waals surface area contributed by atoms with Crippen molar-refractivity contribution >= 4 is 17.2 Å². The van der Waals surface area contributed by atoms with Gasteiger partial charge in [-0.25, -0.2) is 0 Å². The van der Waals surface area contributed by atoms with Gasteiger partial charge in [-0.15, -0.1) is 11.3 Å². The van der Waals surface area contributed by atoms with Crippen LogP contribution in [0.3, 0.4) is 0 Å². The second kappa shape index (κ2) is 7.23. The number of hydrogen-bond donors (Lipinski definition) is 1. The lowest BCUT2D eigenvalue weighted by molar-refractivity contribution is -0.140. The van der Waals surface area contributed by atoms with E-state index in [2.05, 4.69) is 25.3 Å². The predicted molar refractivity (Wildman–Crippen MR) is 84.5 cm³/mol. The number of rotatable bonds is 5. The first-order valence-corrected chi connectivity index (χ1v) is 8.54. The minimum absolute atomic E-state index is 0.135. The summed E-state index contributed by atoms with van der Waals surface area (Å²) in [6.45, 7) is 5.58. The SMILES string of the molecule is CC(C)N(Cc1cccs1)C(=O)C1CCCCC1CN. The molecule has 3 nitrogen and oxygen atoms in total. The number of nitrogens with two attached hydrogens (primary N) is 1. The third-order valence-electron chi connectivity index (χ3n) is 4.34. The van der Waals surface area contributed by atoms with Gasteiger partial charge in [0.15, 0.2) is 0 Å². The van der Waals surface area contributed by atoms with Crippen LogP contribution in [0, 0.1) is 11.8 Å². The Balaban J connectivity index is 2.09. The molecule has 20 heavy (non-hydrogen) atoms. The molecule has 0 bridgehead atoms. The van der Waals surface area contributed by atoms with Gasteiger partial charge in [0.05, 0.1) is 6.54 Å². The Kier molecular flexibility index (Phi) is 5.61. The van der Waals surface area contributed by atoms with Crippen molar-refractivity contribution in [2.24, 2.45) is 17.6 Å². The van der Waals surface area contributed by atoms with Gasteiger partial charge in [0.2, 0.25) is 5.91 Å². The molecule has 1 aliphatic rings. The third kappa shape index (κ3) is 3.61. The topological polar surface area (TPSA) is 46.3 Å². The van der Waals surface area contributed by atoms with E-state index in [4.69, 9.17) is 5.73 Å². The standard InChI is InChI=1S/C16H26N2OS/c1-12(2)18(11-14-7-5-9-20-14)16(19)15-8-4-3-6-13(15)10-17/h5,7,9,12-13,15H,3-4,6,8,10-11,17H2,1-2H3. The lowest BCUT2D eigenvalue weighted by atomic mass is 9.78. The van der Waals surface area contributed by atoms with Gasteiger partial charge in [0, 0.05) is 16.8 Å². The number of nitrogens with zero attached hydrogens (tertiary/aromatic N) is 1. The summed E-state index contributed by atoms with van der Waals surface area (Å²) in [5, 5.41) is 2.07. The largest absolute Gasteiger partial charge is 0.335 e. The molecule has 2 rings (SSSR count). The summed E-state index contributed by atoms with van der Waals surface area (Å²) < 4.78 is 0. The molecule has 0 saturated heterocycles. The van der Waals surface area contributed by atoms with Gasteiger partial charge in [-0.05, 0) is 50.6 Å². The van der Waals surface area contributed by atoms with Crippen LogP contribution in [0.1, 0.15) is 44.4 Å². The summed E-state index contributed by atoms with van der Waals surface area (Å²) in [7, 11) is 0. The van der Waals surface area contributed by atoms with Crippen molar-refractivity contribution in [3.63, 3.8) is 0 Å². The summed E-state index contributed by atoms with van der Waals surface area (Å²) >= 11 is 1.72. The zero-order chi connectivity index (χ0) is 14.5. The van der Waals surface area contributed by atoms with Crippen LogP contribution in [0.15, 0.2) is 17.5 Å². The Hall–Kier alpha value is -0.870. The van der Waals surface area contributed by atoms with Crippen LogP contribution in [-0.2, 0) is 11.3 Å². The molecule has 0 aromatic carbocycles. The summed E-state index contributed by atoms with van der Waals surface area (Å²) in [6, 6.07) is 4.39. The van der Waals surface area contributed by atoms with Crippen LogP contribution < -0.4 is 5.73 Å². The zero-order valence-corrected chi connectivity index (χ0v) is 13.4. The van der Waals surface area contributed by atoms with Crippen molar-refractivity contribution in [3.8, 4) is 0 Å². The Morgan fingerprint density at radius 2 is 2.20 bits per heavy atom. The van der Waals surface area contributed by atoms with Crippen LogP contribution in [0.5, 0.6) is 0 Å². The van der Waals surface area contributed by atoms with Gasteiger partial charge >= 0.3 is 0 Å². The van der Waals surface area contributed by atoms with E-state index < -0.39 is 0 Å². The first-order valence-electron chi connectivity index (χ1n) is 7.66. The first kappa shape index (κ1) is 15.5. The number of hydrogen-bond acceptors (Lipinski definition) is 3. The fraction of sp³-hybridized carbons (Fsp3) is 0.688. The molecule has 0 radical (unpaired) electrons. The first-order chi connectivity index (χ1) is 9.63. The maximum absolute atomic E-state index is 12.9. The highest BCUT2D eigenvalue weighted by Gasteiger charge is 2.33. The Bertz CT molecular complexity index is 416. The molecule has 1 aromatic rings. The molecule has 0 spiro atoms. The van der Waals surface area contributed by atoms with Gasteiger partial charge in [0.1, 0.15) is 0 Å². The lowest BCUT2D eigenvalue weighted by Gasteiger charge is -2.36. The van der Waals surface area contributed by atoms with E-state index in [0.29, 0.717) is 18.4 Å². The van der Waals surface area contributed by atoms with Crippen LogP contribution in [0.25, 0.3) is 0 Å².